The topological polar surface area (TPSA) is 8.81 Å². The van der Waals surface area contributed by atoms with E-state index in [4.69, 9.17) is 0 Å². The Morgan fingerprint density at radius 2 is 0.959 bits per heavy atom. The van der Waals surface area contributed by atoms with Crippen molar-refractivity contribution in [1.29, 1.82) is 0 Å². The van der Waals surface area contributed by atoms with Crippen molar-refractivity contribution in [2.45, 2.75) is 206 Å². The molecule has 0 aliphatic heterocycles. The summed E-state index contributed by atoms with van der Waals surface area (Å²) in [7, 11) is 0. The summed E-state index contributed by atoms with van der Waals surface area (Å²) in [5.74, 6) is 0. The first-order chi connectivity index (χ1) is 24.2. The van der Waals surface area contributed by atoms with Gasteiger partial charge in [-0.25, -0.2) is 9.13 Å². The highest BCUT2D eigenvalue weighted by Gasteiger charge is 2.40. The molecule has 2 nitrogen and oxygen atoms in total. The molecule has 0 N–H and O–H groups in total. The van der Waals surface area contributed by atoms with Gasteiger partial charge in [-0.05, 0) is 43.2 Å². The maximum absolute atomic E-state index is 2.59. The zero-order valence-electron chi connectivity index (χ0n) is 32.6. The summed E-state index contributed by atoms with van der Waals surface area (Å²) in [6, 6.07) is 23.0. The van der Waals surface area contributed by atoms with Gasteiger partial charge in [0.05, 0.1) is 6.54 Å². The Kier molecular flexibility index (Phi) is 22.2. The number of hydrogen-bond donors (Lipinski definition) is 0. The summed E-state index contributed by atoms with van der Waals surface area (Å²) in [6.45, 7) is 8.29. The lowest BCUT2D eigenvalue weighted by molar-refractivity contribution is -0.697. The quantitative estimate of drug-likeness (QED) is 0.0476. The third-order valence-electron chi connectivity index (χ3n) is 11.3. The fraction of sp³-hybridized carbons (Fsp3) is 0.681. The van der Waals surface area contributed by atoms with Gasteiger partial charge in [0.25, 0.3) is 0 Å². The molecule has 1 heterocycles. The predicted octanol–water partition coefficient (Wildman–Crippen LogP) is 14.3. The van der Waals surface area contributed by atoms with Crippen LogP contribution < -0.4 is 4.57 Å². The van der Waals surface area contributed by atoms with Gasteiger partial charge in [-0.3, -0.25) is 0 Å². The molecular weight excluding hydrogens is 593 g/mol. The predicted molar refractivity (Wildman–Crippen MR) is 214 cm³/mol. The number of benzene rings is 2. The van der Waals surface area contributed by atoms with Crippen LogP contribution in [0, 0.1) is 0 Å². The number of aromatic nitrogens is 2. The van der Waals surface area contributed by atoms with Crippen molar-refractivity contribution < 1.29 is 4.57 Å². The molecular formula is C47H77N2+. The molecule has 1 aromatic heterocycles. The maximum Gasteiger partial charge on any atom is 0.244 e. The first-order valence-corrected chi connectivity index (χ1v) is 21.3. The van der Waals surface area contributed by atoms with E-state index < -0.39 is 0 Å². The summed E-state index contributed by atoms with van der Waals surface area (Å²) in [4.78, 5) is 0. The second-order valence-corrected chi connectivity index (χ2v) is 15.6. The molecule has 274 valence electrons. The Balaban J connectivity index is 1.54. The molecule has 0 amide bonds. The maximum atomic E-state index is 2.59. The fourth-order valence-corrected chi connectivity index (χ4v) is 8.09. The average molecular weight is 670 g/mol. The highest BCUT2D eigenvalue weighted by molar-refractivity contribution is 5.30. The molecule has 3 aromatic rings. The van der Waals surface area contributed by atoms with Crippen molar-refractivity contribution in [2.24, 2.45) is 0 Å². The van der Waals surface area contributed by atoms with Crippen LogP contribution >= 0.6 is 0 Å². The highest BCUT2D eigenvalue weighted by atomic mass is 15.1. The van der Waals surface area contributed by atoms with Gasteiger partial charge in [-0.1, -0.05) is 216 Å². The normalized spacial score (nSPS) is 13.4. The van der Waals surface area contributed by atoms with Crippen LogP contribution in [-0.2, 0) is 18.4 Å². The van der Waals surface area contributed by atoms with Crippen molar-refractivity contribution in [3.05, 3.63) is 90.5 Å². The zero-order valence-corrected chi connectivity index (χ0v) is 32.6. The standard InChI is InChI=1S/C47H77N2/c1-4-6-8-10-12-14-16-17-18-20-22-24-32-38-46(47(3,45-36-30-27-31-37-45)42-44-34-28-26-29-35-44)49-41-40-48(43-49)39-33-25-23-21-19-15-13-11-9-7-5-2/h26-31,34-37,40-41,43,46H,4-25,32-33,38-39,42H2,1-3H3/q+1. The summed E-state index contributed by atoms with van der Waals surface area (Å²) in [5.41, 5.74) is 2.90. The van der Waals surface area contributed by atoms with Crippen LogP contribution in [0.5, 0.6) is 0 Å². The van der Waals surface area contributed by atoms with Crippen molar-refractivity contribution >= 4 is 0 Å². The van der Waals surface area contributed by atoms with Gasteiger partial charge in [0, 0.05) is 5.41 Å². The van der Waals surface area contributed by atoms with E-state index in [9.17, 15) is 0 Å². The molecule has 0 aliphatic rings. The Morgan fingerprint density at radius 1 is 0.531 bits per heavy atom. The second kappa shape index (κ2) is 26.5. The number of imidazole rings is 1. The summed E-state index contributed by atoms with van der Waals surface area (Å²) < 4.78 is 5.06. The molecule has 0 fully saturated rings. The minimum Gasteiger partial charge on any atom is -0.237 e. The Bertz CT molecular complexity index is 1150. The largest absolute Gasteiger partial charge is 0.244 e. The molecule has 2 unspecified atom stereocenters. The lowest BCUT2D eigenvalue weighted by Crippen LogP contribution is -2.38. The molecule has 3 rings (SSSR count). The van der Waals surface area contributed by atoms with Gasteiger partial charge in [0.15, 0.2) is 0 Å². The van der Waals surface area contributed by atoms with Crippen LogP contribution in [0.15, 0.2) is 79.4 Å². The molecule has 0 aliphatic carbocycles. The van der Waals surface area contributed by atoms with E-state index in [2.05, 4.69) is 109 Å². The van der Waals surface area contributed by atoms with Crippen LogP contribution in [0.3, 0.4) is 0 Å². The van der Waals surface area contributed by atoms with E-state index in [1.165, 1.54) is 172 Å². The molecule has 0 saturated heterocycles. The number of unbranched alkanes of at least 4 members (excludes halogenated alkanes) is 22. The smallest absolute Gasteiger partial charge is 0.237 e. The minimum atomic E-state index is 0.00707. The van der Waals surface area contributed by atoms with Gasteiger partial charge < -0.3 is 0 Å². The molecule has 0 spiro atoms. The molecule has 0 saturated carbocycles. The molecule has 49 heavy (non-hydrogen) atoms. The highest BCUT2D eigenvalue weighted by Crippen LogP contribution is 2.41. The first-order valence-electron chi connectivity index (χ1n) is 21.3. The lowest BCUT2D eigenvalue weighted by Gasteiger charge is -2.37. The van der Waals surface area contributed by atoms with Crippen LogP contribution in [0.4, 0.5) is 0 Å². The number of hydrogen-bond acceptors (Lipinski definition) is 0. The van der Waals surface area contributed by atoms with Crippen LogP contribution in [0.1, 0.15) is 198 Å². The van der Waals surface area contributed by atoms with E-state index in [0.29, 0.717) is 6.04 Å². The molecule has 0 radical (unpaired) electrons. The minimum absolute atomic E-state index is 0.00707. The van der Waals surface area contributed by atoms with Gasteiger partial charge in [0.1, 0.15) is 18.4 Å². The second-order valence-electron chi connectivity index (χ2n) is 15.6. The SMILES string of the molecule is CCCCCCCCCCCCCCCC(n1cc[n+](CCCCCCCCCCCCC)c1)C(C)(Cc1ccccc1)c1ccccc1. The Morgan fingerprint density at radius 3 is 1.45 bits per heavy atom. The molecule has 2 aromatic carbocycles. The fourth-order valence-electron chi connectivity index (χ4n) is 8.09. The third kappa shape index (κ3) is 16.9. The zero-order chi connectivity index (χ0) is 34.7. The Hall–Kier alpha value is -2.35. The van der Waals surface area contributed by atoms with E-state index in [1.807, 2.05) is 0 Å². The van der Waals surface area contributed by atoms with Gasteiger partial charge in [-0.15, -0.1) is 0 Å². The number of rotatable bonds is 31. The third-order valence-corrected chi connectivity index (χ3v) is 11.3. The monoisotopic (exact) mass is 670 g/mol. The molecule has 0 bridgehead atoms. The van der Waals surface area contributed by atoms with Crippen LogP contribution in [0.25, 0.3) is 0 Å². The van der Waals surface area contributed by atoms with Gasteiger partial charge in [0.2, 0.25) is 6.33 Å². The van der Waals surface area contributed by atoms with Crippen molar-refractivity contribution in [3.8, 4) is 0 Å². The van der Waals surface area contributed by atoms with Gasteiger partial charge >= 0.3 is 0 Å². The number of nitrogens with zero attached hydrogens (tertiary/aromatic N) is 2. The summed E-state index contributed by atoms with van der Waals surface area (Å²) in [6.07, 6.45) is 43.1. The van der Waals surface area contributed by atoms with E-state index in [1.54, 1.807) is 0 Å². The van der Waals surface area contributed by atoms with Crippen LogP contribution in [-0.4, -0.2) is 4.57 Å². The summed E-state index contributed by atoms with van der Waals surface area (Å²) in [5, 5.41) is 0. The van der Waals surface area contributed by atoms with Crippen molar-refractivity contribution in [2.75, 3.05) is 0 Å². The van der Waals surface area contributed by atoms with Crippen molar-refractivity contribution in [3.63, 3.8) is 0 Å². The molecule has 2 heteroatoms. The lowest BCUT2D eigenvalue weighted by atomic mass is 9.70. The van der Waals surface area contributed by atoms with E-state index >= 15 is 0 Å². The van der Waals surface area contributed by atoms with E-state index in [0.717, 1.165) is 13.0 Å². The number of aryl methyl sites for hydroxylation is 1. The van der Waals surface area contributed by atoms with E-state index in [-0.39, 0.29) is 5.41 Å². The van der Waals surface area contributed by atoms with Crippen molar-refractivity contribution in [1.82, 2.24) is 4.57 Å². The summed E-state index contributed by atoms with van der Waals surface area (Å²) >= 11 is 0. The molecule has 2 atom stereocenters. The average Bonchev–Trinajstić information content (AvgIpc) is 3.59. The Labute approximate surface area is 304 Å². The first kappa shape index (κ1) is 41.1. The van der Waals surface area contributed by atoms with Crippen LogP contribution in [0.2, 0.25) is 0 Å². The van der Waals surface area contributed by atoms with Gasteiger partial charge in [-0.2, -0.15) is 0 Å².